The van der Waals surface area contributed by atoms with Crippen LogP contribution >= 0.6 is 0 Å². The van der Waals surface area contributed by atoms with Crippen molar-refractivity contribution in [2.24, 2.45) is 5.73 Å². The molecule has 8 nitrogen and oxygen atoms in total. The van der Waals surface area contributed by atoms with Gasteiger partial charge >= 0.3 is 11.9 Å². The lowest BCUT2D eigenvalue weighted by Gasteiger charge is -2.37. The third kappa shape index (κ3) is 2.19. The molecule has 5 rings (SSSR count). The topological polar surface area (TPSA) is 139 Å². The molecule has 1 spiro atoms. The van der Waals surface area contributed by atoms with Crippen LogP contribution in [0.4, 0.5) is 0 Å². The van der Waals surface area contributed by atoms with E-state index < -0.39 is 17.5 Å². The maximum Gasteiger partial charge on any atom is 0.340 e. The predicted octanol–water partition coefficient (Wildman–Crippen LogP) is 2.82. The van der Waals surface area contributed by atoms with Gasteiger partial charge in [-0.2, -0.15) is 0 Å². The van der Waals surface area contributed by atoms with Crippen molar-refractivity contribution < 1.29 is 34.4 Å². The highest BCUT2D eigenvalue weighted by atomic mass is 16.6. The van der Waals surface area contributed by atoms with E-state index in [0.717, 1.165) is 0 Å². The first-order chi connectivity index (χ1) is 14.4. The fourth-order valence-corrected chi connectivity index (χ4v) is 4.15. The minimum atomic E-state index is -1.52. The Morgan fingerprint density at radius 2 is 1.77 bits per heavy atom. The third-order valence-electron chi connectivity index (χ3n) is 5.49. The van der Waals surface area contributed by atoms with Gasteiger partial charge in [0.15, 0.2) is 5.60 Å². The summed E-state index contributed by atoms with van der Waals surface area (Å²) < 4.78 is 11.9. The molecule has 0 saturated heterocycles. The van der Waals surface area contributed by atoms with E-state index >= 15 is 0 Å². The molecule has 30 heavy (non-hydrogen) atoms. The summed E-state index contributed by atoms with van der Waals surface area (Å²) in [5.41, 5.74) is 5.93. The Labute approximate surface area is 169 Å². The number of benzene rings is 3. The van der Waals surface area contributed by atoms with E-state index in [1.165, 1.54) is 36.4 Å². The van der Waals surface area contributed by atoms with E-state index in [0.29, 0.717) is 22.3 Å². The number of phenols is 2. The van der Waals surface area contributed by atoms with Gasteiger partial charge in [0.25, 0.3) is 0 Å². The second-order valence-corrected chi connectivity index (χ2v) is 7.06. The van der Waals surface area contributed by atoms with Crippen LogP contribution < -0.4 is 10.5 Å². The number of rotatable bonds is 2. The Kier molecular flexibility index (Phi) is 3.59. The normalized spacial score (nSPS) is 18.2. The number of nitrogens with two attached hydrogens (primary N) is 1. The summed E-state index contributed by atoms with van der Waals surface area (Å²) in [7, 11) is 0. The van der Waals surface area contributed by atoms with E-state index in [4.69, 9.17) is 15.2 Å². The molecule has 1 atom stereocenters. The van der Waals surface area contributed by atoms with Gasteiger partial charge in [0, 0.05) is 29.3 Å². The number of aromatic carboxylic acids is 1. The lowest BCUT2D eigenvalue weighted by atomic mass is 9.76. The number of esters is 1. The first-order valence-electron chi connectivity index (χ1n) is 9.04. The molecule has 3 aromatic rings. The van der Waals surface area contributed by atoms with Crippen LogP contribution in [-0.2, 0) is 16.9 Å². The number of hydrogen-bond donors (Lipinski definition) is 4. The SMILES string of the molecule is NCc1c(O)ccc2c1Oc1cc(O)ccc1C21OC(=O)c2ccc(C(=O)O)cc21. The van der Waals surface area contributed by atoms with Crippen LogP contribution in [0.15, 0.2) is 48.5 Å². The molecule has 150 valence electrons. The summed E-state index contributed by atoms with van der Waals surface area (Å²) in [5.74, 6) is -1.57. The maximum atomic E-state index is 12.8. The first-order valence-corrected chi connectivity index (χ1v) is 9.04. The molecule has 0 bridgehead atoms. The van der Waals surface area contributed by atoms with Crippen molar-refractivity contribution in [1.29, 1.82) is 0 Å². The summed E-state index contributed by atoms with van der Waals surface area (Å²) in [4.78, 5) is 24.4. The standard InChI is InChI=1S/C22H15NO7/c23-9-13-17(25)6-5-15-19(13)29-18-8-11(24)2-4-14(18)22(15)16-7-10(20(26)27)1-3-12(16)21(28)30-22/h1-8,24-25H,9,23H2,(H,26,27). The van der Waals surface area contributed by atoms with Gasteiger partial charge in [-0.15, -0.1) is 0 Å². The van der Waals surface area contributed by atoms with Crippen molar-refractivity contribution in [2.45, 2.75) is 12.1 Å². The zero-order valence-electron chi connectivity index (χ0n) is 15.4. The van der Waals surface area contributed by atoms with Gasteiger partial charge in [0.2, 0.25) is 0 Å². The molecule has 0 radical (unpaired) electrons. The van der Waals surface area contributed by atoms with E-state index in [-0.39, 0.29) is 40.7 Å². The highest BCUT2D eigenvalue weighted by Crippen LogP contribution is 2.58. The van der Waals surface area contributed by atoms with Gasteiger partial charge in [0.1, 0.15) is 23.0 Å². The van der Waals surface area contributed by atoms with Crippen molar-refractivity contribution in [3.8, 4) is 23.0 Å². The molecule has 2 heterocycles. The molecule has 0 fully saturated rings. The third-order valence-corrected chi connectivity index (χ3v) is 5.49. The molecule has 3 aromatic carbocycles. The number of fused-ring (bicyclic) bond motifs is 6. The van der Waals surface area contributed by atoms with Crippen LogP contribution in [0.1, 0.15) is 43.0 Å². The molecule has 2 aliphatic rings. The van der Waals surface area contributed by atoms with Crippen molar-refractivity contribution in [1.82, 2.24) is 0 Å². The summed E-state index contributed by atoms with van der Waals surface area (Å²) in [6.07, 6.45) is 0. The summed E-state index contributed by atoms with van der Waals surface area (Å²) >= 11 is 0. The Morgan fingerprint density at radius 3 is 2.50 bits per heavy atom. The lowest BCUT2D eigenvalue weighted by molar-refractivity contribution is 0.0223. The molecule has 1 unspecified atom stereocenters. The van der Waals surface area contributed by atoms with Crippen molar-refractivity contribution in [3.63, 3.8) is 0 Å². The zero-order chi connectivity index (χ0) is 21.2. The van der Waals surface area contributed by atoms with Gasteiger partial charge < -0.3 is 30.5 Å². The number of ether oxygens (including phenoxy) is 2. The number of aromatic hydroxyl groups is 2. The number of hydrogen-bond acceptors (Lipinski definition) is 7. The van der Waals surface area contributed by atoms with Crippen LogP contribution in [0, 0.1) is 0 Å². The Hall–Kier alpha value is -4.04. The quantitative estimate of drug-likeness (QED) is 0.477. The lowest BCUT2D eigenvalue weighted by Crippen LogP contribution is -2.33. The number of carboxylic acids is 1. The van der Waals surface area contributed by atoms with Crippen molar-refractivity contribution in [2.75, 3.05) is 0 Å². The van der Waals surface area contributed by atoms with Gasteiger partial charge in [0.05, 0.1) is 16.7 Å². The fourth-order valence-electron chi connectivity index (χ4n) is 4.15. The summed E-state index contributed by atoms with van der Waals surface area (Å²) in [5, 5.41) is 29.7. The van der Waals surface area contributed by atoms with Crippen LogP contribution in [0.25, 0.3) is 0 Å². The number of carboxylic acid groups (broad SMARTS) is 1. The van der Waals surface area contributed by atoms with E-state index in [2.05, 4.69) is 0 Å². The molecule has 2 aliphatic heterocycles. The van der Waals surface area contributed by atoms with Crippen LogP contribution in [-0.4, -0.2) is 27.3 Å². The average Bonchev–Trinajstić information content (AvgIpc) is 3.00. The number of phenolic OH excluding ortho intramolecular Hbond substituents is 2. The van der Waals surface area contributed by atoms with Gasteiger partial charge in [-0.1, -0.05) is 0 Å². The highest BCUT2D eigenvalue weighted by Gasteiger charge is 2.54. The molecule has 0 saturated carbocycles. The Bertz CT molecular complexity index is 1270. The van der Waals surface area contributed by atoms with Crippen molar-refractivity contribution in [3.05, 3.63) is 81.9 Å². The van der Waals surface area contributed by atoms with Crippen LogP contribution in [0.3, 0.4) is 0 Å². The smallest absolute Gasteiger partial charge is 0.340 e. The molecule has 8 heteroatoms. The van der Waals surface area contributed by atoms with E-state index in [1.807, 2.05) is 0 Å². The highest BCUT2D eigenvalue weighted by molar-refractivity contribution is 5.99. The molecule has 5 N–H and O–H groups in total. The van der Waals surface area contributed by atoms with Crippen LogP contribution in [0.5, 0.6) is 23.0 Å². The number of carbonyl (C=O) groups is 2. The second-order valence-electron chi connectivity index (χ2n) is 7.06. The predicted molar refractivity (Wildman–Crippen MR) is 103 cm³/mol. The zero-order valence-corrected chi connectivity index (χ0v) is 15.4. The Morgan fingerprint density at radius 1 is 1.00 bits per heavy atom. The maximum absolute atomic E-state index is 12.8. The molecule has 0 amide bonds. The molecular formula is C22H15NO7. The summed E-state index contributed by atoms with van der Waals surface area (Å²) in [6.45, 7) is -0.0603. The van der Waals surface area contributed by atoms with Gasteiger partial charge in [-0.25, -0.2) is 9.59 Å². The van der Waals surface area contributed by atoms with E-state index in [1.54, 1.807) is 12.1 Å². The van der Waals surface area contributed by atoms with Gasteiger partial charge in [-0.05, 0) is 42.5 Å². The summed E-state index contributed by atoms with van der Waals surface area (Å²) in [6, 6.07) is 11.4. The minimum absolute atomic E-state index is 0.0161. The largest absolute Gasteiger partial charge is 0.508 e. The minimum Gasteiger partial charge on any atom is -0.508 e. The Balaban J connectivity index is 1.92. The second kappa shape index (κ2) is 5.98. The monoisotopic (exact) mass is 405 g/mol. The molecule has 0 aromatic heterocycles. The molecular weight excluding hydrogens is 390 g/mol. The number of carbonyl (C=O) groups excluding carboxylic acids is 1. The first kappa shape index (κ1) is 18.0. The van der Waals surface area contributed by atoms with Crippen LogP contribution in [0.2, 0.25) is 0 Å². The van der Waals surface area contributed by atoms with Crippen molar-refractivity contribution >= 4 is 11.9 Å². The molecule has 0 aliphatic carbocycles. The average molecular weight is 405 g/mol. The van der Waals surface area contributed by atoms with Gasteiger partial charge in [-0.3, -0.25) is 0 Å². The fraction of sp³-hybridized carbons (Fsp3) is 0.0909. The van der Waals surface area contributed by atoms with E-state index in [9.17, 15) is 24.9 Å².